The Bertz CT molecular complexity index is 562. The van der Waals surface area contributed by atoms with Gasteiger partial charge in [0.1, 0.15) is 0 Å². The first-order valence-electron chi connectivity index (χ1n) is 6.39. The largest absolute Gasteiger partial charge is 0.289 e. The Morgan fingerprint density at radius 1 is 0.765 bits per heavy atom. The van der Waals surface area contributed by atoms with Crippen molar-refractivity contribution in [2.75, 3.05) is 0 Å². The molecular formula is C16H16O. The van der Waals surface area contributed by atoms with Crippen LogP contribution in [0.1, 0.15) is 30.4 Å². The van der Waals surface area contributed by atoms with E-state index in [0.29, 0.717) is 0 Å². The summed E-state index contributed by atoms with van der Waals surface area (Å²) in [5.41, 5.74) is 2.28. The van der Waals surface area contributed by atoms with E-state index in [1.54, 1.807) is 0 Å². The van der Waals surface area contributed by atoms with E-state index < -0.39 is 0 Å². The summed E-state index contributed by atoms with van der Waals surface area (Å²) in [6.07, 6.45) is 5.40. The van der Waals surface area contributed by atoms with Gasteiger partial charge in [0.05, 0.1) is 0 Å². The van der Waals surface area contributed by atoms with E-state index in [1.165, 1.54) is 17.2 Å². The fraction of sp³-hybridized carbons (Fsp3) is 0.312. The average Bonchev–Trinajstić information content (AvgIpc) is 2.49. The first kappa shape index (κ1) is 10.5. The molecule has 2 aromatic rings. The van der Waals surface area contributed by atoms with Gasteiger partial charge in [0.2, 0.25) is 0 Å². The molecule has 1 nitrogen and oxygen atoms in total. The van der Waals surface area contributed by atoms with Crippen molar-refractivity contribution in [2.45, 2.75) is 32.1 Å². The van der Waals surface area contributed by atoms with Crippen molar-refractivity contribution in [2.24, 2.45) is 0 Å². The van der Waals surface area contributed by atoms with E-state index in [0.717, 1.165) is 36.8 Å². The van der Waals surface area contributed by atoms with Crippen molar-refractivity contribution < 1.29 is 0 Å². The molecule has 17 heavy (non-hydrogen) atoms. The molecule has 0 aliphatic heterocycles. The van der Waals surface area contributed by atoms with E-state index in [1.807, 2.05) is 12.1 Å². The predicted molar refractivity (Wildman–Crippen MR) is 71.5 cm³/mol. The average molecular weight is 224 g/mol. The standard InChI is InChI=1S/C16H16O/c17-16-14-8-2-1-3-9-15(16)11-13-7-5-4-6-12(13)10-14/h4-7,10-11H,1-3,8-9H2. The molecule has 0 saturated heterocycles. The second-order valence-corrected chi connectivity index (χ2v) is 4.86. The molecule has 0 heterocycles. The lowest BCUT2D eigenvalue weighted by Gasteiger charge is -2.05. The quantitative estimate of drug-likeness (QED) is 0.669. The van der Waals surface area contributed by atoms with Crippen LogP contribution in [0.15, 0.2) is 41.2 Å². The van der Waals surface area contributed by atoms with Crippen molar-refractivity contribution >= 4 is 10.8 Å². The monoisotopic (exact) mass is 224 g/mol. The van der Waals surface area contributed by atoms with Crippen LogP contribution in [-0.2, 0) is 12.8 Å². The Kier molecular flexibility index (Phi) is 2.68. The summed E-state index contributed by atoms with van der Waals surface area (Å²) in [5, 5.41) is 2.38. The number of aryl methyl sites for hydroxylation is 2. The minimum absolute atomic E-state index is 0.279. The van der Waals surface area contributed by atoms with Crippen molar-refractivity contribution in [3.8, 4) is 0 Å². The number of hydrogen-bond acceptors (Lipinski definition) is 1. The van der Waals surface area contributed by atoms with Crippen molar-refractivity contribution in [1.29, 1.82) is 0 Å². The molecule has 2 bridgehead atoms. The van der Waals surface area contributed by atoms with Crippen LogP contribution in [0.5, 0.6) is 0 Å². The molecular weight excluding hydrogens is 208 g/mol. The molecule has 0 saturated carbocycles. The Labute approximate surface area is 101 Å². The van der Waals surface area contributed by atoms with E-state index in [-0.39, 0.29) is 5.43 Å². The van der Waals surface area contributed by atoms with Gasteiger partial charge in [-0.15, -0.1) is 0 Å². The zero-order valence-electron chi connectivity index (χ0n) is 9.91. The highest BCUT2D eigenvalue weighted by Crippen LogP contribution is 2.18. The Balaban J connectivity index is 2.38. The number of fused-ring (bicyclic) bond motifs is 3. The van der Waals surface area contributed by atoms with Crippen LogP contribution in [0.3, 0.4) is 0 Å². The van der Waals surface area contributed by atoms with Gasteiger partial charge in [-0.25, -0.2) is 0 Å². The van der Waals surface area contributed by atoms with Crippen molar-refractivity contribution in [3.63, 3.8) is 0 Å². The summed E-state index contributed by atoms with van der Waals surface area (Å²) in [7, 11) is 0. The smallest absolute Gasteiger partial charge is 0.185 e. The van der Waals surface area contributed by atoms with E-state index in [2.05, 4.69) is 24.3 Å². The van der Waals surface area contributed by atoms with E-state index in [4.69, 9.17) is 0 Å². The summed E-state index contributed by atoms with van der Waals surface area (Å²) in [4.78, 5) is 12.3. The third-order valence-corrected chi connectivity index (χ3v) is 3.63. The van der Waals surface area contributed by atoms with Crippen LogP contribution >= 0.6 is 0 Å². The van der Waals surface area contributed by atoms with Crippen LogP contribution in [0.4, 0.5) is 0 Å². The first-order valence-corrected chi connectivity index (χ1v) is 6.39. The normalized spacial score (nSPS) is 15.3. The maximum Gasteiger partial charge on any atom is 0.185 e. The topological polar surface area (TPSA) is 17.1 Å². The van der Waals surface area contributed by atoms with Gasteiger partial charge < -0.3 is 0 Å². The Morgan fingerprint density at radius 3 is 1.82 bits per heavy atom. The first-order chi connectivity index (χ1) is 8.34. The van der Waals surface area contributed by atoms with Gasteiger partial charge in [-0.2, -0.15) is 0 Å². The molecule has 1 heteroatoms. The second-order valence-electron chi connectivity index (χ2n) is 4.86. The molecule has 0 atom stereocenters. The van der Waals surface area contributed by atoms with Gasteiger partial charge >= 0.3 is 0 Å². The van der Waals surface area contributed by atoms with Gasteiger partial charge in [-0.3, -0.25) is 4.79 Å². The zero-order chi connectivity index (χ0) is 11.7. The van der Waals surface area contributed by atoms with Crippen LogP contribution in [0, 0.1) is 0 Å². The molecule has 0 amide bonds. The van der Waals surface area contributed by atoms with Gasteiger partial charge in [0.25, 0.3) is 0 Å². The fourth-order valence-corrected chi connectivity index (χ4v) is 2.67. The molecule has 86 valence electrons. The van der Waals surface area contributed by atoms with Gasteiger partial charge in [0, 0.05) is 11.1 Å². The Hall–Kier alpha value is -1.63. The molecule has 1 aliphatic carbocycles. The molecule has 0 fully saturated rings. The predicted octanol–water partition coefficient (Wildman–Crippen LogP) is 3.47. The molecule has 0 unspecified atom stereocenters. The highest BCUT2D eigenvalue weighted by atomic mass is 16.1. The maximum atomic E-state index is 12.3. The minimum Gasteiger partial charge on any atom is -0.289 e. The SMILES string of the molecule is O=c1c2cc3ccccc3cc1CCCCC2. The van der Waals surface area contributed by atoms with Gasteiger partial charge in [-0.05, 0) is 48.6 Å². The molecule has 2 aromatic carbocycles. The van der Waals surface area contributed by atoms with Gasteiger partial charge in [0.15, 0.2) is 5.43 Å². The molecule has 0 aromatic heterocycles. The number of benzene rings is 1. The highest BCUT2D eigenvalue weighted by molar-refractivity contribution is 5.82. The summed E-state index contributed by atoms with van der Waals surface area (Å²) < 4.78 is 0. The molecule has 3 rings (SSSR count). The van der Waals surface area contributed by atoms with Crippen LogP contribution < -0.4 is 5.43 Å². The van der Waals surface area contributed by atoms with Crippen LogP contribution in [0.25, 0.3) is 10.8 Å². The summed E-state index contributed by atoms with van der Waals surface area (Å²) in [6, 6.07) is 12.4. The highest BCUT2D eigenvalue weighted by Gasteiger charge is 2.09. The van der Waals surface area contributed by atoms with Crippen molar-refractivity contribution in [1.82, 2.24) is 0 Å². The third-order valence-electron chi connectivity index (χ3n) is 3.63. The number of hydrogen-bond donors (Lipinski definition) is 0. The Morgan fingerprint density at radius 2 is 1.29 bits per heavy atom. The van der Waals surface area contributed by atoms with Crippen LogP contribution in [-0.4, -0.2) is 0 Å². The zero-order valence-corrected chi connectivity index (χ0v) is 9.91. The number of rotatable bonds is 0. The fourth-order valence-electron chi connectivity index (χ4n) is 2.67. The van der Waals surface area contributed by atoms with Crippen LogP contribution in [0.2, 0.25) is 0 Å². The lowest BCUT2D eigenvalue weighted by Crippen LogP contribution is -2.13. The summed E-state index contributed by atoms with van der Waals surface area (Å²) in [5.74, 6) is 0. The van der Waals surface area contributed by atoms with Crippen molar-refractivity contribution in [3.05, 3.63) is 57.7 Å². The third kappa shape index (κ3) is 1.97. The second kappa shape index (κ2) is 4.33. The maximum absolute atomic E-state index is 12.3. The lowest BCUT2D eigenvalue weighted by atomic mass is 9.99. The summed E-state index contributed by atoms with van der Waals surface area (Å²) in [6.45, 7) is 0. The van der Waals surface area contributed by atoms with Gasteiger partial charge in [-0.1, -0.05) is 30.7 Å². The molecule has 0 spiro atoms. The lowest BCUT2D eigenvalue weighted by molar-refractivity contribution is 0.663. The molecule has 0 N–H and O–H groups in total. The van der Waals surface area contributed by atoms with E-state index >= 15 is 0 Å². The van der Waals surface area contributed by atoms with E-state index in [9.17, 15) is 4.79 Å². The molecule has 0 radical (unpaired) electrons. The summed E-state index contributed by atoms with van der Waals surface area (Å²) >= 11 is 0. The molecule has 1 aliphatic rings. The minimum atomic E-state index is 0.279.